The normalized spacial score (nSPS) is 11.7. The van der Waals surface area contributed by atoms with Gasteiger partial charge >= 0.3 is 6.18 Å². The number of rotatable bonds is 6. The summed E-state index contributed by atoms with van der Waals surface area (Å²) in [6.45, 7) is 8.42. The van der Waals surface area contributed by atoms with E-state index in [1.807, 2.05) is 54.6 Å². The first-order valence-electron chi connectivity index (χ1n) is 22.4. The number of hydrogen-bond donors (Lipinski definition) is 0. The van der Waals surface area contributed by atoms with Gasteiger partial charge in [-0.25, -0.2) is 0 Å². The van der Waals surface area contributed by atoms with Gasteiger partial charge in [0.05, 0.1) is 56.6 Å². The molecule has 7 heteroatoms. The highest BCUT2D eigenvalue weighted by Gasteiger charge is 2.32. The van der Waals surface area contributed by atoms with Crippen LogP contribution >= 0.6 is 0 Å². The summed E-state index contributed by atoms with van der Waals surface area (Å²) in [4.78, 5) is 0. The van der Waals surface area contributed by atoms with Crippen molar-refractivity contribution < 1.29 is 13.2 Å². The van der Waals surface area contributed by atoms with E-state index < -0.39 is 11.7 Å². The maximum Gasteiger partial charge on any atom is 0.416 e. The standard InChI is InChI=1S/C61H41F3N4/c1-36-23-37(2)26-43(25-36)41-14-21-58-54(31-41)50-9-5-7-11-56(50)67(58)47-17-19-49(48-18-16-46(61(62,63)64)30-45(48)35-66)52(33-47)53-29-40(34-65)13-20-59(53)68-57-12-8-6-10-51(57)55-32-42(15-22-60(55)68)44-27-38(3)24-39(4)28-44/h5-33H,1-4H3. The molecule has 11 aromatic rings. The lowest BCUT2D eigenvalue weighted by atomic mass is 9.89. The Labute approximate surface area is 391 Å². The second-order valence-electron chi connectivity index (χ2n) is 17.9. The minimum absolute atomic E-state index is 0.113. The summed E-state index contributed by atoms with van der Waals surface area (Å²) in [5.74, 6) is 0. The van der Waals surface area contributed by atoms with Crippen LogP contribution in [0.3, 0.4) is 0 Å². The van der Waals surface area contributed by atoms with Crippen LogP contribution in [0.1, 0.15) is 38.9 Å². The minimum atomic E-state index is -4.64. The highest BCUT2D eigenvalue weighted by Crippen LogP contribution is 2.45. The van der Waals surface area contributed by atoms with Crippen molar-refractivity contribution in [2.45, 2.75) is 33.9 Å². The number of nitriles is 2. The number of aryl methyl sites for hydroxylation is 4. The first-order chi connectivity index (χ1) is 32.9. The van der Waals surface area contributed by atoms with E-state index in [0.29, 0.717) is 27.8 Å². The molecule has 0 radical (unpaired) electrons. The van der Waals surface area contributed by atoms with Crippen LogP contribution in [0.5, 0.6) is 0 Å². The van der Waals surface area contributed by atoms with Crippen molar-refractivity contribution in [3.05, 3.63) is 215 Å². The first-order valence-corrected chi connectivity index (χ1v) is 22.4. The van der Waals surface area contributed by atoms with Crippen LogP contribution in [0.2, 0.25) is 0 Å². The van der Waals surface area contributed by atoms with Gasteiger partial charge < -0.3 is 9.13 Å². The fraction of sp³-hybridized carbons (Fsp3) is 0.0820. The highest BCUT2D eigenvalue weighted by atomic mass is 19.4. The average molecular weight is 887 g/mol. The summed E-state index contributed by atoms with van der Waals surface area (Å²) in [6.07, 6.45) is -4.64. The third kappa shape index (κ3) is 7.08. The lowest BCUT2D eigenvalue weighted by Crippen LogP contribution is -2.06. The van der Waals surface area contributed by atoms with Gasteiger partial charge in [-0.3, -0.25) is 0 Å². The molecule has 0 aliphatic heterocycles. The van der Waals surface area contributed by atoms with E-state index >= 15 is 0 Å². The van der Waals surface area contributed by atoms with Gasteiger partial charge in [0.1, 0.15) is 0 Å². The predicted molar refractivity (Wildman–Crippen MR) is 270 cm³/mol. The van der Waals surface area contributed by atoms with Gasteiger partial charge in [0.25, 0.3) is 0 Å². The Balaban J connectivity index is 1.20. The number of halogens is 3. The molecule has 326 valence electrons. The molecule has 0 unspecified atom stereocenters. The van der Waals surface area contributed by atoms with Gasteiger partial charge in [-0.15, -0.1) is 0 Å². The Bertz CT molecular complexity index is 3940. The molecule has 2 heterocycles. The van der Waals surface area contributed by atoms with Crippen LogP contribution in [0, 0.1) is 50.4 Å². The highest BCUT2D eigenvalue weighted by molar-refractivity contribution is 6.12. The number of para-hydroxylation sites is 2. The lowest BCUT2D eigenvalue weighted by molar-refractivity contribution is -0.137. The van der Waals surface area contributed by atoms with Crippen molar-refractivity contribution in [2.75, 3.05) is 0 Å². The molecule has 4 nitrogen and oxygen atoms in total. The zero-order valence-electron chi connectivity index (χ0n) is 37.7. The fourth-order valence-corrected chi connectivity index (χ4v) is 10.3. The molecular formula is C61H41F3N4. The molecule has 0 N–H and O–H groups in total. The van der Waals surface area contributed by atoms with Crippen LogP contribution in [0.4, 0.5) is 13.2 Å². The molecule has 0 saturated heterocycles. The van der Waals surface area contributed by atoms with Crippen molar-refractivity contribution >= 4 is 43.6 Å². The summed E-state index contributed by atoms with van der Waals surface area (Å²) in [7, 11) is 0. The lowest BCUT2D eigenvalue weighted by Gasteiger charge is -2.20. The van der Waals surface area contributed by atoms with E-state index in [0.717, 1.165) is 89.4 Å². The summed E-state index contributed by atoms with van der Waals surface area (Å²) in [6, 6.07) is 61.9. The average Bonchev–Trinajstić information content (AvgIpc) is 3.84. The van der Waals surface area contributed by atoms with Gasteiger partial charge in [-0.2, -0.15) is 23.7 Å². The van der Waals surface area contributed by atoms with E-state index in [4.69, 9.17) is 0 Å². The summed E-state index contributed by atoms with van der Waals surface area (Å²) < 4.78 is 46.9. The van der Waals surface area contributed by atoms with Crippen LogP contribution in [0.25, 0.3) is 99.5 Å². The van der Waals surface area contributed by atoms with Crippen LogP contribution in [-0.4, -0.2) is 9.13 Å². The van der Waals surface area contributed by atoms with Gasteiger partial charge in [0.2, 0.25) is 0 Å². The fourth-order valence-electron chi connectivity index (χ4n) is 10.3. The Morgan fingerprint density at radius 2 is 0.926 bits per heavy atom. The number of nitrogens with zero attached hydrogens (tertiary/aromatic N) is 4. The van der Waals surface area contributed by atoms with E-state index in [1.54, 1.807) is 6.07 Å². The molecule has 0 atom stereocenters. The SMILES string of the molecule is Cc1cc(C)cc(-c2ccc3c(c2)c2ccccc2n3-c2ccc(-c3ccc(C(F)(F)F)cc3C#N)c(-c3cc(C#N)ccc3-n3c4ccccc4c4cc(-c5cc(C)cc(C)c5)ccc43)c2)c1. The number of hydrogen-bond acceptors (Lipinski definition) is 2. The monoisotopic (exact) mass is 886 g/mol. The van der Waals surface area contributed by atoms with Crippen LogP contribution in [-0.2, 0) is 6.18 Å². The van der Waals surface area contributed by atoms with E-state index in [2.05, 4.69) is 146 Å². The Morgan fingerprint density at radius 3 is 1.49 bits per heavy atom. The van der Waals surface area contributed by atoms with Gasteiger partial charge in [0.15, 0.2) is 0 Å². The summed E-state index contributed by atoms with van der Waals surface area (Å²) >= 11 is 0. The zero-order valence-corrected chi connectivity index (χ0v) is 37.7. The second kappa shape index (κ2) is 16.0. The van der Waals surface area contributed by atoms with Gasteiger partial charge in [-0.05, 0) is 140 Å². The Morgan fingerprint density at radius 1 is 0.397 bits per heavy atom. The number of fused-ring (bicyclic) bond motifs is 6. The second-order valence-corrected chi connectivity index (χ2v) is 17.9. The van der Waals surface area contributed by atoms with Gasteiger partial charge in [0, 0.05) is 38.4 Å². The third-order valence-electron chi connectivity index (χ3n) is 13.1. The van der Waals surface area contributed by atoms with Gasteiger partial charge in [-0.1, -0.05) is 119 Å². The maximum absolute atomic E-state index is 14.2. The van der Waals surface area contributed by atoms with Crippen LogP contribution in [0.15, 0.2) is 176 Å². The molecule has 9 aromatic carbocycles. The topological polar surface area (TPSA) is 57.4 Å². The summed E-state index contributed by atoms with van der Waals surface area (Å²) in [5, 5.41) is 25.2. The van der Waals surface area contributed by atoms with Crippen molar-refractivity contribution in [2.24, 2.45) is 0 Å². The molecular weight excluding hydrogens is 846 g/mol. The molecule has 0 spiro atoms. The molecule has 0 aliphatic rings. The van der Waals surface area contributed by atoms with Crippen molar-refractivity contribution in [3.8, 4) is 68.0 Å². The molecule has 0 saturated carbocycles. The Hall–Kier alpha value is -8.65. The first kappa shape index (κ1) is 42.0. The number of alkyl halides is 3. The van der Waals surface area contributed by atoms with E-state index in [1.165, 1.54) is 28.3 Å². The molecule has 0 aliphatic carbocycles. The largest absolute Gasteiger partial charge is 0.416 e. The quantitative estimate of drug-likeness (QED) is 0.167. The minimum Gasteiger partial charge on any atom is -0.309 e. The van der Waals surface area contributed by atoms with E-state index in [9.17, 15) is 23.7 Å². The van der Waals surface area contributed by atoms with Crippen molar-refractivity contribution in [3.63, 3.8) is 0 Å². The Kier molecular flexibility index (Phi) is 9.92. The zero-order chi connectivity index (χ0) is 47.0. The summed E-state index contributed by atoms with van der Waals surface area (Å²) in [5.41, 5.74) is 16.1. The smallest absolute Gasteiger partial charge is 0.309 e. The third-order valence-corrected chi connectivity index (χ3v) is 13.1. The maximum atomic E-state index is 14.2. The van der Waals surface area contributed by atoms with Crippen LogP contribution < -0.4 is 0 Å². The predicted octanol–water partition coefficient (Wildman–Crippen LogP) is 16.5. The molecule has 68 heavy (non-hydrogen) atoms. The molecule has 0 bridgehead atoms. The van der Waals surface area contributed by atoms with Crippen molar-refractivity contribution in [1.82, 2.24) is 9.13 Å². The number of aromatic nitrogens is 2. The van der Waals surface area contributed by atoms with Crippen molar-refractivity contribution in [1.29, 1.82) is 10.5 Å². The molecule has 0 fully saturated rings. The number of benzene rings is 9. The molecule has 11 rings (SSSR count). The molecule has 2 aromatic heterocycles. The van der Waals surface area contributed by atoms with E-state index in [-0.39, 0.29) is 5.56 Å². The molecule has 0 amide bonds.